The van der Waals surface area contributed by atoms with E-state index >= 15 is 0 Å². The van der Waals surface area contributed by atoms with Crippen LogP contribution in [0.5, 0.6) is 0 Å². The Kier molecular flexibility index (Phi) is 4.50. The highest BCUT2D eigenvalue weighted by Crippen LogP contribution is 1.95. The summed E-state index contributed by atoms with van der Waals surface area (Å²) >= 11 is 0. The highest BCUT2D eigenvalue weighted by atomic mass is 19.1. The first-order chi connectivity index (χ1) is 5.83. The van der Waals surface area contributed by atoms with Gasteiger partial charge in [-0.15, -0.1) is 0 Å². The van der Waals surface area contributed by atoms with Gasteiger partial charge in [0.15, 0.2) is 0 Å². The number of rotatable bonds is 4. The highest BCUT2D eigenvalue weighted by Gasteiger charge is 2.11. The highest BCUT2D eigenvalue weighted by molar-refractivity contribution is 4.65. The molecule has 12 heavy (non-hydrogen) atoms. The van der Waals surface area contributed by atoms with E-state index in [1.165, 1.54) is 0 Å². The Morgan fingerprint density at radius 2 is 1.92 bits per heavy atom. The number of piperazine rings is 1. The molecule has 4 heteroatoms. The zero-order chi connectivity index (χ0) is 8.81. The van der Waals surface area contributed by atoms with E-state index in [0.29, 0.717) is 6.42 Å². The first-order valence-corrected chi connectivity index (χ1v) is 4.56. The van der Waals surface area contributed by atoms with Gasteiger partial charge in [0, 0.05) is 32.7 Å². The summed E-state index contributed by atoms with van der Waals surface area (Å²) < 4.78 is 11.7. The summed E-state index contributed by atoms with van der Waals surface area (Å²) in [5.41, 5.74) is 3.21. The predicted molar refractivity (Wildman–Crippen MR) is 47.7 cm³/mol. The molecule has 1 N–H and O–H groups in total. The molecule has 1 aliphatic heterocycles. The molecule has 0 aromatic heterocycles. The summed E-state index contributed by atoms with van der Waals surface area (Å²) in [4.78, 5) is 2.30. The van der Waals surface area contributed by atoms with Crippen molar-refractivity contribution in [2.45, 2.75) is 6.42 Å². The van der Waals surface area contributed by atoms with E-state index in [-0.39, 0.29) is 6.67 Å². The van der Waals surface area contributed by atoms with Gasteiger partial charge in [-0.05, 0) is 13.5 Å². The van der Waals surface area contributed by atoms with Crippen LogP contribution in [0.4, 0.5) is 4.39 Å². The second-order valence-electron chi connectivity index (χ2n) is 3.24. The lowest BCUT2D eigenvalue weighted by Crippen LogP contribution is -2.50. The Balaban J connectivity index is 2.01. The first kappa shape index (κ1) is 9.89. The molecule has 0 aromatic carbocycles. The third kappa shape index (κ3) is 3.47. The fourth-order valence-electron chi connectivity index (χ4n) is 1.27. The molecule has 72 valence electrons. The standard InChI is InChI=1S/C8H18FN3/c1-11-5-7-12(8-6-11)10-4-2-3-9/h10H,2-8H2,1H3. The minimum absolute atomic E-state index is 0.221. The van der Waals surface area contributed by atoms with E-state index < -0.39 is 0 Å². The van der Waals surface area contributed by atoms with Crippen LogP contribution < -0.4 is 5.43 Å². The normalized spacial score (nSPS) is 21.5. The van der Waals surface area contributed by atoms with Crippen LogP contribution in [0.1, 0.15) is 6.42 Å². The third-order valence-electron chi connectivity index (χ3n) is 2.15. The summed E-state index contributed by atoms with van der Waals surface area (Å²) in [6.07, 6.45) is 0.617. The van der Waals surface area contributed by atoms with Crippen molar-refractivity contribution < 1.29 is 4.39 Å². The van der Waals surface area contributed by atoms with Crippen molar-refractivity contribution in [2.75, 3.05) is 46.4 Å². The summed E-state index contributed by atoms with van der Waals surface area (Å²) in [5, 5.41) is 2.18. The summed E-state index contributed by atoms with van der Waals surface area (Å²) in [6.45, 7) is 4.83. The van der Waals surface area contributed by atoms with Crippen molar-refractivity contribution in [1.82, 2.24) is 15.3 Å². The fourth-order valence-corrected chi connectivity index (χ4v) is 1.27. The van der Waals surface area contributed by atoms with Gasteiger partial charge in [0.1, 0.15) is 0 Å². The Bertz CT molecular complexity index is 113. The molecule has 1 rings (SSSR count). The molecule has 1 aliphatic rings. The van der Waals surface area contributed by atoms with Crippen LogP contribution >= 0.6 is 0 Å². The lowest BCUT2D eigenvalue weighted by Gasteiger charge is -2.32. The van der Waals surface area contributed by atoms with Crippen LogP contribution in [-0.4, -0.2) is 56.4 Å². The zero-order valence-electron chi connectivity index (χ0n) is 7.72. The van der Waals surface area contributed by atoms with E-state index in [1.807, 2.05) is 0 Å². The van der Waals surface area contributed by atoms with Crippen LogP contribution in [0.3, 0.4) is 0 Å². The molecule has 0 saturated carbocycles. The summed E-state index contributed by atoms with van der Waals surface area (Å²) in [6, 6.07) is 0. The maximum Gasteiger partial charge on any atom is 0.0907 e. The van der Waals surface area contributed by atoms with Gasteiger partial charge in [-0.2, -0.15) is 0 Å². The summed E-state index contributed by atoms with van der Waals surface area (Å²) in [7, 11) is 2.12. The van der Waals surface area contributed by atoms with E-state index in [0.717, 1.165) is 32.7 Å². The lowest BCUT2D eigenvalue weighted by molar-refractivity contribution is 0.103. The molecule has 0 unspecified atom stereocenters. The van der Waals surface area contributed by atoms with E-state index in [9.17, 15) is 4.39 Å². The van der Waals surface area contributed by atoms with Gasteiger partial charge in [0.2, 0.25) is 0 Å². The van der Waals surface area contributed by atoms with Crippen LogP contribution in [0.25, 0.3) is 0 Å². The van der Waals surface area contributed by atoms with E-state index in [1.54, 1.807) is 0 Å². The lowest BCUT2D eigenvalue weighted by atomic mass is 10.4. The van der Waals surface area contributed by atoms with Crippen LogP contribution in [-0.2, 0) is 0 Å². The van der Waals surface area contributed by atoms with Crippen LogP contribution in [0.2, 0.25) is 0 Å². The molecule has 1 fully saturated rings. The van der Waals surface area contributed by atoms with Gasteiger partial charge >= 0.3 is 0 Å². The molecule has 0 bridgehead atoms. The number of halogens is 1. The van der Waals surface area contributed by atoms with Crippen molar-refractivity contribution in [3.05, 3.63) is 0 Å². The predicted octanol–water partition coefficient (Wildman–Crippen LogP) is 0.0980. The Morgan fingerprint density at radius 3 is 2.50 bits per heavy atom. The molecule has 0 aromatic rings. The molecule has 3 nitrogen and oxygen atoms in total. The Labute approximate surface area is 73.5 Å². The first-order valence-electron chi connectivity index (χ1n) is 4.56. The number of likely N-dealkylation sites (N-methyl/N-ethyl adjacent to an activating group) is 1. The monoisotopic (exact) mass is 175 g/mol. The van der Waals surface area contributed by atoms with Crippen LogP contribution in [0, 0.1) is 0 Å². The molecule has 0 spiro atoms. The van der Waals surface area contributed by atoms with Gasteiger partial charge in [0.25, 0.3) is 0 Å². The molecule has 1 heterocycles. The van der Waals surface area contributed by atoms with Crippen molar-refractivity contribution in [3.63, 3.8) is 0 Å². The molecular formula is C8H18FN3. The minimum Gasteiger partial charge on any atom is -0.304 e. The second kappa shape index (κ2) is 5.45. The van der Waals surface area contributed by atoms with Crippen molar-refractivity contribution in [3.8, 4) is 0 Å². The maximum absolute atomic E-state index is 11.7. The van der Waals surface area contributed by atoms with Crippen molar-refractivity contribution in [1.29, 1.82) is 0 Å². The van der Waals surface area contributed by atoms with E-state index in [2.05, 4.69) is 22.4 Å². The maximum atomic E-state index is 11.7. The molecule has 0 aliphatic carbocycles. The largest absolute Gasteiger partial charge is 0.304 e. The number of hydrazine groups is 1. The number of nitrogens with zero attached hydrogens (tertiary/aromatic N) is 2. The summed E-state index contributed by atoms with van der Waals surface area (Å²) in [5.74, 6) is 0. The SMILES string of the molecule is CN1CCN(NCCCF)CC1. The van der Waals surface area contributed by atoms with Gasteiger partial charge < -0.3 is 4.90 Å². The fraction of sp³-hybridized carbons (Fsp3) is 1.00. The number of hydrogen-bond acceptors (Lipinski definition) is 3. The van der Waals surface area contributed by atoms with Crippen molar-refractivity contribution in [2.24, 2.45) is 0 Å². The van der Waals surface area contributed by atoms with Gasteiger partial charge in [-0.3, -0.25) is 9.82 Å². The second-order valence-corrected chi connectivity index (χ2v) is 3.24. The number of alkyl halides is 1. The Morgan fingerprint density at radius 1 is 1.25 bits per heavy atom. The molecule has 0 amide bonds. The van der Waals surface area contributed by atoms with Crippen molar-refractivity contribution >= 4 is 0 Å². The number of hydrogen-bond donors (Lipinski definition) is 1. The smallest absolute Gasteiger partial charge is 0.0907 e. The zero-order valence-corrected chi connectivity index (χ0v) is 7.72. The molecule has 0 atom stereocenters. The average molecular weight is 175 g/mol. The molecule has 0 radical (unpaired) electrons. The van der Waals surface area contributed by atoms with Gasteiger partial charge in [-0.25, -0.2) is 5.01 Å². The molecular weight excluding hydrogens is 157 g/mol. The van der Waals surface area contributed by atoms with Crippen LogP contribution in [0.15, 0.2) is 0 Å². The third-order valence-corrected chi connectivity index (χ3v) is 2.15. The topological polar surface area (TPSA) is 18.5 Å². The van der Waals surface area contributed by atoms with E-state index in [4.69, 9.17) is 0 Å². The minimum atomic E-state index is -0.221. The average Bonchev–Trinajstić information content (AvgIpc) is 2.09. The van der Waals surface area contributed by atoms with Gasteiger partial charge in [0.05, 0.1) is 6.67 Å². The number of nitrogens with one attached hydrogen (secondary N) is 1. The molecule has 1 saturated heterocycles. The quantitative estimate of drug-likeness (QED) is 0.611. The van der Waals surface area contributed by atoms with Gasteiger partial charge in [-0.1, -0.05) is 0 Å². The Hall–Kier alpha value is -0.190.